The van der Waals surface area contributed by atoms with E-state index in [0.29, 0.717) is 48.9 Å². The van der Waals surface area contributed by atoms with E-state index in [1.807, 2.05) is 40.7 Å². The molecule has 1 rings (SSSR count). The highest BCUT2D eigenvalue weighted by atomic mass is 35.5. The van der Waals surface area contributed by atoms with Crippen LogP contribution in [0.25, 0.3) is 0 Å². The second-order valence-corrected chi connectivity index (χ2v) is 13.8. The Morgan fingerprint density at radius 1 is 1.04 bits per heavy atom. The van der Waals surface area contributed by atoms with Crippen LogP contribution < -0.4 is 31.6 Å². The third-order valence-electron chi connectivity index (χ3n) is 7.09. The first-order valence-electron chi connectivity index (χ1n) is 16.7. The van der Waals surface area contributed by atoms with E-state index >= 15 is 0 Å². The van der Waals surface area contributed by atoms with E-state index in [1.54, 1.807) is 49.4 Å². The molecular formula is C37H53ClN4O8S. The van der Waals surface area contributed by atoms with Gasteiger partial charge in [-0.1, -0.05) is 81.3 Å². The predicted molar refractivity (Wildman–Crippen MR) is 204 cm³/mol. The third kappa shape index (κ3) is 19.7. The van der Waals surface area contributed by atoms with Gasteiger partial charge >= 0.3 is 11.7 Å². The summed E-state index contributed by atoms with van der Waals surface area (Å²) in [6.45, 7) is 11.7. The van der Waals surface area contributed by atoms with Crippen molar-refractivity contribution in [3.05, 3.63) is 87.7 Å². The summed E-state index contributed by atoms with van der Waals surface area (Å²) in [5, 5.41) is 11.4. The number of alkyl carbamates (subject to hydrolysis) is 1. The normalized spacial score (nSPS) is 14.3. The first-order valence-corrected chi connectivity index (χ1v) is 17.7. The van der Waals surface area contributed by atoms with Crippen molar-refractivity contribution >= 4 is 48.0 Å². The van der Waals surface area contributed by atoms with Crippen LogP contribution in [0.3, 0.4) is 0 Å². The van der Waals surface area contributed by atoms with Crippen LogP contribution in [0.15, 0.2) is 80.7 Å². The summed E-state index contributed by atoms with van der Waals surface area (Å²) in [5.74, 6) is -0.0273. The van der Waals surface area contributed by atoms with Gasteiger partial charge in [0, 0.05) is 49.4 Å². The minimum atomic E-state index is -0.854. The molecule has 282 valence electrons. The summed E-state index contributed by atoms with van der Waals surface area (Å²) in [4.78, 5) is 61.6. The number of hydrogen-bond donors (Lipinski definition) is 5. The van der Waals surface area contributed by atoms with Gasteiger partial charge in [-0.25, -0.2) is 9.59 Å². The number of halogens is 1. The van der Waals surface area contributed by atoms with Gasteiger partial charge in [0.1, 0.15) is 17.9 Å². The zero-order valence-corrected chi connectivity index (χ0v) is 32.2. The van der Waals surface area contributed by atoms with Gasteiger partial charge < -0.3 is 35.2 Å². The molecule has 0 aliphatic carbocycles. The van der Waals surface area contributed by atoms with Gasteiger partial charge in [-0.2, -0.15) is 12.6 Å². The predicted octanol–water partition coefficient (Wildman–Crippen LogP) is 5.82. The lowest BCUT2D eigenvalue weighted by molar-refractivity contribution is -0.129. The molecule has 51 heavy (non-hydrogen) atoms. The number of amides is 4. The Balaban J connectivity index is 2.71. The van der Waals surface area contributed by atoms with E-state index in [4.69, 9.17) is 25.5 Å². The van der Waals surface area contributed by atoms with Crippen molar-refractivity contribution in [2.45, 2.75) is 85.3 Å². The van der Waals surface area contributed by atoms with Crippen molar-refractivity contribution < 1.29 is 33.1 Å². The Kier molecular flexibility index (Phi) is 21.1. The van der Waals surface area contributed by atoms with E-state index in [1.165, 1.54) is 19.4 Å². The molecule has 0 spiro atoms. The first kappa shape index (κ1) is 44.8. The summed E-state index contributed by atoms with van der Waals surface area (Å²) < 4.78 is 15.8. The van der Waals surface area contributed by atoms with Gasteiger partial charge in [0.05, 0.1) is 7.11 Å². The van der Waals surface area contributed by atoms with E-state index in [0.717, 1.165) is 5.57 Å². The van der Waals surface area contributed by atoms with Gasteiger partial charge in [-0.3, -0.25) is 14.4 Å². The topological polar surface area (TPSA) is 165 Å². The largest absolute Gasteiger partial charge is 0.490 e. The number of nitrogens with one attached hydrogen (secondary N) is 4. The lowest BCUT2D eigenvalue weighted by atomic mass is 9.86. The third-order valence-corrected chi connectivity index (χ3v) is 7.46. The second-order valence-electron chi connectivity index (χ2n) is 12.7. The molecule has 3 atom stereocenters. The van der Waals surface area contributed by atoms with Gasteiger partial charge in [0.25, 0.3) is 0 Å². The SMILES string of the molecule is COc1ccc([C@@H](C)/C=C(C)/C=C\C=C/C(=O)N[C@H](C(=O)N/C=C\C[C@H](C/C=C(\C)Cl)OC(=O)NCCCNC(=O)CCS)C(C)(C)C)oc1=O. The van der Waals surface area contributed by atoms with Crippen LogP contribution in [0.5, 0.6) is 5.75 Å². The summed E-state index contributed by atoms with van der Waals surface area (Å²) >= 11 is 10.0. The maximum Gasteiger partial charge on any atom is 0.407 e. The van der Waals surface area contributed by atoms with Crippen molar-refractivity contribution in [1.29, 1.82) is 0 Å². The Morgan fingerprint density at radius 3 is 2.35 bits per heavy atom. The Bertz CT molecular complexity index is 1510. The number of thiol groups is 1. The molecule has 1 heterocycles. The Hall–Kier alpha value is -4.23. The van der Waals surface area contributed by atoms with E-state index in [2.05, 4.69) is 33.9 Å². The number of ether oxygens (including phenoxy) is 2. The molecule has 0 radical (unpaired) electrons. The van der Waals surface area contributed by atoms with Gasteiger partial charge in [-0.05, 0) is 49.8 Å². The molecule has 4 amide bonds. The minimum absolute atomic E-state index is 0.0948. The van der Waals surface area contributed by atoms with Crippen LogP contribution >= 0.6 is 24.2 Å². The quantitative estimate of drug-likeness (QED) is 0.0482. The van der Waals surface area contributed by atoms with Crippen molar-refractivity contribution in [3.8, 4) is 5.75 Å². The lowest BCUT2D eigenvalue weighted by Crippen LogP contribution is -2.52. The fourth-order valence-corrected chi connectivity index (χ4v) is 4.67. The summed E-state index contributed by atoms with van der Waals surface area (Å²) in [7, 11) is 1.40. The number of methoxy groups -OCH3 is 1. The lowest BCUT2D eigenvalue weighted by Gasteiger charge is -2.29. The fraction of sp³-hybridized carbons (Fsp3) is 0.486. The van der Waals surface area contributed by atoms with Gasteiger partial charge in [-0.15, -0.1) is 0 Å². The van der Waals surface area contributed by atoms with E-state index in [-0.39, 0.29) is 24.0 Å². The smallest absolute Gasteiger partial charge is 0.407 e. The van der Waals surface area contributed by atoms with Crippen molar-refractivity contribution in [1.82, 2.24) is 21.3 Å². The maximum atomic E-state index is 13.1. The van der Waals surface area contributed by atoms with Crippen LogP contribution in [0.2, 0.25) is 0 Å². The van der Waals surface area contributed by atoms with Crippen molar-refractivity contribution in [2.75, 3.05) is 26.0 Å². The highest BCUT2D eigenvalue weighted by Gasteiger charge is 2.31. The van der Waals surface area contributed by atoms with E-state index in [9.17, 15) is 24.0 Å². The summed E-state index contributed by atoms with van der Waals surface area (Å²) in [6.07, 6.45) is 13.5. The molecule has 4 N–H and O–H groups in total. The molecule has 0 aromatic carbocycles. The molecule has 0 aliphatic heterocycles. The fourth-order valence-electron chi connectivity index (χ4n) is 4.38. The van der Waals surface area contributed by atoms with Crippen molar-refractivity contribution in [3.63, 3.8) is 0 Å². The summed E-state index contributed by atoms with van der Waals surface area (Å²) in [6, 6.07) is 2.40. The van der Waals surface area contributed by atoms with Crippen LogP contribution in [0, 0.1) is 5.41 Å². The van der Waals surface area contributed by atoms with Gasteiger partial charge in [0.15, 0.2) is 0 Å². The number of allylic oxidation sites excluding steroid dienone is 6. The van der Waals surface area contributed by atoms with E-state index < -0.39 is 41.1 Å². The Labute approximate surface area is 311 Å². The highest BCUT2D eigenvalue weighted by Crippen LogP contribution is 2.20. The first-order chi connectivity index (χ1) is 24.1. The standard InChI is InChI=1S/C37H53ClN4O8S/c1-25(24-26(2)29-17-18-30(48-7)35(46)50-29)12-8-9-14-32(44)42-33(37(4,5)6)34(45)40-20-10-13-28(16-15-27(3)38)49-36(47)41-22-11-21-39-31(43)19-23-51/h8-10,12,14-15,17-18,20,24,26,28,33,51H,11,13,16,19,21-23H2,1-7H3,(H,39,43)(H,40,45)(H,41,47)(H,42,44)/b12-8-,14-9-,20-10-,25-24+,27-15+/t26-,28+,33+/m0/s1. The molecule has 1 aromatic heterocycles. The monoisotopic (exact) mass is 748 g/mol. The maximum absolute atomic E-state index is 13.1. The average Bonchev–Trinajstić information content (AvgIpc) is 3.05. The Morgan fingerprint density at radius 2 is 1.73 bits per heavy atom. The van der Waals surface area contributed by atoms with Crippen LogP contribution in [0.1, 0.15) is 78.9 Å². The van der Waals surface area contributed by atoms with Crippen molar-refractivity contribution in [2.24, 2.45) is 5.41 Å². The van der Waals surface area contributed by atoms with Gasteiger partial charge in [0.2, 0.25) is 23.5 Å². The molecule has 0 aliphatic rings. The molecule has 1 aromatic rings. The number of rotatable bonds is 20. The second kappa shape index (κ2) is 24.0. The highest BCUT2D eigenvalue weighted by molar-refractivity contribution is 7.80. The molecule has 0 fully saturated rings. The number of carbonyl (C=O) groups excluding carboxylic acids is 4. The molecule has 0 saturated heterocycles. The molecule has 12 nitrogen and oxygen atoms in total. The minimum Gasteiger partial charge on any atom is -0.490 e. The van der Waals surface area contributed by atoms with Crippen LogP contribution in [0.4, 0.5) is 4.79 Å². The number of carbonyl (C=O) groups is 4. The molecule has 0 unspecified atom stereocenters. The molecule has 0 saturated carbocycles. The molecule has 0 bridgehead atoms. The van der Waals surface area contributed by atoms with Crippen LogP contribution in [-0.4, -0.2) is 61.9 Å². The molecular weight excluding hydrogens is 696 g/mol. The average molecular weight is 749 g/mol. The van der Waals surface area contributed by atoms with Crippen LogP contribution in [-0.2, 0) is 19.1 Å². The zero-order valence-electron chi connectivity index (χ0n) is 30.5. The summed E-state index contributed by atoms with van der Waals surface area (Å²) in [5.41, 5.74) is -0.265. The zero-order chi connectivity index (χ0) is 38.4. The molecule has 14 heteroatoms. The number of hydrogen-bond acceptors (Lipinski definition) is 9.